The van der Waals surface area contributed by atoms with Crippen molar-refractivity contribution in [1.82, 2.24) is 5.32 Å². The topological polar surface area (TPSA) is 24.4 Å². The molecule has 2 nitrogen and oxygen atoms in total. The van der Waals surface area contributed by atoms with E-state index in [1.54, 1.807) is 11.8 Å². The van der Waals surface area contributed by atoms with Crippen LogP contribution in [0.1, 0.15) is 28.8 Å². The zero-order valence-electron chi connectivity index (χ0n) is 14.2. The number of rotatable bonds is 4. The fourth-order valence-corrected chi connectivity index (χ4v) is 4.00. The largest absolute Gasteiger partial charge is 0.356 e. The molecule has 0 aromatic heterocycles. The number of hydrogen-bond acceptors (Lipinski definition) is 3. The van der Waals surface area contributed by atoms with Crippen LogP contribution in [0.3, 0.4) is 0 Å². The number of amidine groups is 1. The average molecular weight is 362 g/mol. The maximum atomic E-state index is 13.1. The summed E-state index contributed by atoms with van der Waals surface area (Å²) in [7, 11) is 0. The van der Waals surface area contributed by atoms with Gasteiger partial charge >= 0.3 is 0 Å². The van der Waals surface area contributed by atoms with Gasteiger partial charge in [0.2, 0.25) is 0 Å². The van der Waals surface area contributed by atoms with Crippen molar-refractivity contribution in [2.24, 2.45) is 4.99 Å². The zero-order valence-corrected chi connectivity index (χ0v) is 15.0. The smallest absolute Gasteiger partial charge is 0.158 e. The number of thioether (sulfide) groups is 1. The first-order valence-electron chi connectivity index (χ1n) is 8.61. The van der Waals surface area contributed by atoms with E-state index in [4.69, 9.17) is 4.99 Å². The Bertz CT molecular complexity index is 879. The number of halogens is 1. The fourth-order valence-electron chi connectivity index (χ4n) is 3.10. The van der Waals surface area contributed by atoms with E-state index in [2.05, 4.69) is 53.8 Å². The molecule has 1 N–H and O–H groups in total. The Morgan fingerprint density at radius 3 is 2.08 bits per heavy atom. The third-order valence-corrected chi connectivity index (χ3v) is 5.41. The molecule has 0 fully saturated rings. The van der Waals surface area contributed by atoms with Crippen molar-refractivity contribution in [2.45, 2.75) is 17.8 Å². The van der Waals surface area contributed by atoms with Gasteiger partial charge < -0.3 is 5.32 Å². The van der Waals surface area contributed by atoms with Gasteiger partial charge in [-0.25, -0.2) is 4.39 Å². The first-order valence-corrected chi connectivity index (χ1v) is 9.59. The predicted molar refractivity (Wildman–Crippen MR) is 107 cm³/mol. The summed E-state index contributed by atoms with van der Waals surface area (Å²) in [6.45, 7) is 0. The molecule has 0 spiro atoms. The highest BCUT2D eigenvalue weighted by Crippen LogP contribution is 2.37. The molecule has 4 heteroatoms. The molecule has 1 aliphatic heterocycles. The molecule has 3 aromatic rings. The highest BCUT2D eigenvalue weighted by atomic mass is 32.2. The average Bonchev–Trinajstić information content (AvgIpc) is 3.13. The lowest BCUT2D eigenvalue weighted by Gasteiger charge is -2.19. The van der Waals surface area contributed by atoms with Gasteiger partial charge in [-0.3, -0.25) is 4.99 Å². The van der Waals surface area contributed by atoms with Gasteiger partial charge in [-0.15, -0.1) is 0 Å². The molecule has 0 aliphatic carbocycles. The molecule has 0 radical (unpaired) electrons. The van der Waals surface area contributed by atoms with Crippen LogP contribution in [0, 0.1) is 5.82 Å². The van der Waals surface area contributed by atoms with Gasteiger partial charge in [-0.1, -0.05) is 84.6 Å². The quantitative estimate of drug-likeness (QED) is 0.663. The van der Waals surface area contributed by atoms with Crippen LogP contribution in [-0.4, -0.2) is 5.17 Å². The van der Waals surface area contributed by atoms with Crippen LogP contribution in [-0.2, 0) is 5.75 Å². The number of aliphatic imine (C=N–C) groups is 1. The Hall–Kier alpha value is -2.59. The monoisotopic (exact) mass is 362 g/mol. The summed E-state index contributed by atoms with van der Waals surface area (Å²) in [6, 6.07) is 27.6. The lowest BCUT2D eigenvalue weighted by molar-refractivity contribution is 0.573. The molecule has 0 unspecified atom stereocenters. The predicted octanol–water partition coefficient (Wildman–Crippen LogP) is 5.50. The molecule has 130 valence electrons. The molecule has 0 bridgehead atoms. The molecule has 2 atom stereocenters. The molecule has 1 heterocycles. The van der Waals surface area contributed by atoms with Crippen LogP contribution in [0.15, 0.2) is 89.9 Å². The number of nitrogens with zero attached hydrogens (tertiary/aromatic N) is 1. The van der Waals surface area contributed by atoms with Crippen molar-refractivity contribution in [3.8, 4) is 0 Å². The van der Waals surface area contributed by atoms with Gasteiger partial charge in [0.15, 0.2) is 5.17 Å². The summed E-state index contributed by atoms with van der Waals surface area (Å²) in [5.41, 5.74) is 3.51. The molecule has 0 amide bonds. The van der Waals surface area contributed by atoms with E-state index in [9.17, 15) is 4.39 Å². The van der Waals surface area contributed by atoms with Crippen molar-refractivity contribution in [2.75, 3.05) is 0 Å². The van der Waals surface area contributed by atoms with E-state index >= 15 is 0 Å². The van der Waals surface area contributed by atoms with Crippen molar-refractivity contribution >= 4 is 16.9 Å². The second-order valence-electron chi connectivity index (χ2n) is 6.24. The van der Waals surface area contributed by atoms with E-state index in [1.165, 1.54) is 23.3 Å². The van der Waals surface area contributed by atoms with E-state index < -0.39 is 0 Å². The molecular formula is C22H19FN2S. The highest BCUT2D eigenvalue weighted by molar-refractivity contribution is 8.13. The molecule has 3 aromatic carbocycles. The SMILES string of the molecule is Fc1ccc(CSC2=N[C@@H](c3ccccc3)[C@@H](c3ccccc3)N2)cc1. The van der Waals surface area contributed by atoms with Gasteiger partial charge in [0.25, 0.3) is 0 Å². The summed E-state index contributed by atoms with van der Waals surface area (Å²) in [4.78, 5) is 4.94. The first kappa shape index (κ1) is 16.9. The lowest BCUT2D eigenvalue weighted by Crippen LogP contribution is -2.22. The number of benzene rings is 3. The van der Waals surface area contributed by atoms with Gasteiger partial charge in [0.1, 0.15) is 11.9 Å². The van der Waals surface area contributed by atoms with Crippen molar-refractivity contribution in [1.29, 1.82) is 0 Å². The standard InChI is InChI=1S/C22H19FN2S/c23-19-13-11-16(12-14-19)15-26-22-24-20(17-7-3-1-4-8-17)21(25-22)18-9-5-2-6-10-18/h1-14,20-21H,15H2,(H,24,25)/t20-,21+. The normalized spacial score (nSPS) is 19.0. The van der Waals surface area contributed by atoms with Crippen LogP contribution in [0.4, 0.5) is 4.39 Å². The van der Waals surface area contributed by atoms with Gasteiger partial charge in [-0.05, 0) is 28.8 Å². The van der Waals surface area contributed by atoms with Crippen LogP contribution >= 0.6 is 11.8 Å². The Labute approximate surface area is 157 Å². The summed E-state index contributed by atoms with van der Waals surface area (Å²) in [6.07, 6.45) is 0. The zero-order chi connectivity index (χ0) is 17.8. The lowest BCUT2D eigenvalue weighted by atomic mass is 9.95. The second kappa shape index (κ2) is 7.75. The maximum absolute atomic E-state index is 13.1. The van der Waals surface area contributed by atoms with E-state index in [0.717, 1.165) is 16.5 Å². The van der Waals surface area contributed by atoms with Crippen molar-refractivity contribution < 1.29 is 4.39 Å². The summed E-state index contributed by atoms with van der Waals surface area (Å²) in [5, 5.41) is 4.50. The molecule has 4 rings (SSSR count). The van der Waals surface area contributed by atoms with E-state index in [-0.39, 0.29) is 17.9 Å². The minimum atomic E-state index is -0.205. The fraction of sp³-hybridized carbons (Fsp3) is 0.136. The first-order chi connectivity index (χ1) is 12.8. The van der Waals surface area contributed by atoms with Gasteiger partial charge in [0.05, 0.1) is 6.04 Å². The summed E-state index contributed by atoms with van der Waals surface area (Å²) in [5.74, 6) is 0.554. The minimum absolute atomic E-state index is 0.0503. The summed E-state index contributed by atoms with van der Waals surface area (Å²) >= 11 is 1.66. The minimum Gasteiger partial charge on any atom is -0.356 e. The Morgan fingerprint density at radius 1 is 0.808 bits per heavy atom. The third-order valence-electron chi connectivity index (χ3n) is 4.44. The molecule has 1 aliphatic rings. The second-order valence-corrected chi connectivity index (χ2v) is 7.20. The molecular weight excluding hydrogens is 343 g/mol. The number of nitrogens with one attached hydrogen (secondary N) is 1. The molecule has 0 saturated heterocycles. The van der Waals surface area contributed by atoms with Crippen LogP contribution < -0.4 is 5.32 Å². The Kier molecular flexibility index (Phi) is 5.02. The van der Waals surface area contributed by atoms with Crippen molar-refractivity contribution in [3.63, 3.8) is 0 Å². The third kappa shape index (κ3) is 3.81. The molecule has 26 heavy (non-hydrogen) atoms. The van der Waals surface area contributed by atoms with Crippen LogP contribution in [0.2, 0.25) is 0 Å². The van der Waals surface area contributed by atoms with Crippen molar-refractivity contribution in [3.05, 3.63) is 107 Å². The highest BCUT2D eigenvalue weighted by Gasteiger charge is 2.31. The van der Waals surface area contributed by atoms with Gasteiger partial charge in [-0.2, -0.15) is 0 Å². The number of hydrogen-bond donors (Lipinski definition) is 1. The van der Waals surface area contributed by atoms with Gasteiger partial charge in [0, 0.05) is 5.75 Å². The maximum Gasteiger partial charge on any atom is 0.158 e. The van der Waals surface area contributed by atoms with Crippen LogP contribution in [0.5, 0.6) is 0 Å². The van der Waals surface area contributed by atoms with E-state index in [1.807, 2.05) is 24.3 Å². The Balaban J connectivity index is 1.55. The van der Waals surface area contributed by atoms with E-state index in [0.29, 0.717) is 0 Å². The summed E-state index contributed by atoms with van der Waals surface area (Å²) < 4.78 is 13.1. The van der Waals surface area contributed by atoms with Crippen LogP contribution in [0.25, 0.3) is 0 Å². The molecule has 0 saturated carbocycles. The Morgan fingerprint density at radius 2 is 1.42 bits per heavy atom.